The van der Waals surface area contributed by atoms with E-state index in [2.05, 4.69) is 0 Å². The van der Waals surface area contributed by atoms with Crippen LogP contribution in [0.2, 0.25) is 5.02 Å². The summed E-state index contributed by atoms with van der Waals surface area (Å²) in [7, 11) is 0. The quantitative estimate of drug-likeness (QED) is 0.872. The van der Waals surface area contributed by atoms with Gasteiger partial charge in [-0.05, 0) is 18.2 Å². The third-order valence-corrected chi connectivity index (χ3v) is 3.46. The maximum atomic E-state index is 13.4. The van der Waals surface area contributed by atoms with Crippen LogP contribution >= 0.6 is 22.9 Å². The Morgan fingerprint density at radius 1 is 1.25 bits per heavy atom. The zero-order valence-electron chi connectivity index (χ0n) is 7.95. The number of aliphatic hydroxyl groups excluding tert-OH is 1. The van der Waals surface area contributed by atoms with Gasteiger partial charge in [0, 0.05) is 10.3 Å². The van der Waals surface area contributed by atoms with Gasteiger partial charge in [-0.1, -0.05) is 17.7 Å². The van der Waals surface area contributed by atoms with Crippen LogP contribution in [0.3, 0.4) is 0 Å². The van der Waals surface area contributed by atoms with E-state index in [4.69, 9.17) is 11.6 Å². The van der Waals surface area contributed by atoms with Crippen LogP contribution in [0.15, 0.2) is 29.6 Å². The van der Waals surface area contributed by atoms with Crippen molar-refractivity contribution in [2.24, 2.45) is 0 Å². The Bertz CT molecular complexity index is 492. The molecule has 2 rings (SSSR count). The number of hydrogen-bond donors (Lipinski definition) is 1. The molecule has 2 aromatic rings. The molecule has 1 N–H and O–H groups in total. The van der Waals surface area contributed by atoms with Crippen LogP contribution in [0.5, 0.6) is 0 Å². The first-order valence-electron chi connectivity index (χ1n) is 4.45. The van der Waals surface area contributed by atoms with E-state index in [1.165, 1.54) is 12.1 Å². The van der Waals surface area contributed by atoms with E-state index in [-0.39, 0.29) is 5.56 Å². The highest BCUT2D eigenvalue weighted by Crippen LogP contribution is 2.32. The SMILES string of the molecule is OC(c1cc(Cl)cs1)c1c(F)cccc1F. The zero-order chi connectivity index (χ0) is 11.7. The van der Waals surface area contributed by atoms with Gasteiger partial charge in [-0.3, -0.25) is 0 Å². The Morgan fingerprint density at radius 3 is 2.38 bits per heavy atom. The van der Waals surface area contributed by atoms with Gasteiger partial charge in [-0.15, -0.1) is 11.3 Å². The molecule has 1 unspecified atom stereocenters. The molecule has 5 heteroatoms. The molecule has 16 heavy (non-hydrogen) atoms. The molecule has 0 spiro atoms. The van der Waals surface area contributed by atoms with Crippen LogP contribution in [-0.2, 0) is 0 Å². The molecule has 1 aromatic carbocycles. The van der Waals surface area contributed by atoms with Gasteiger partial charge in [0.25, 0.3) is 0 Å². The van der Waals surface area contributed by atoms with E-state index >= 15 is 0 Å². The van der Waals surface area contributed by atoms with E-state index in [1.54, 1.807) is 5.38 Å². The molecule has 1 aromatic heterocycles. The van der Waals surface area contributed by atoms with Crippen LogP contribution in [-0.4, -0.2) is 5.11 Å². The lowest BCUT2D eigenvalue weighted by atomic mass is 10.1. The summed E-state index contributed by atoms with van der Waals surface area (Å²) in [4.78, 5) is 0.411. The maximum absolute atomic E-state index is 13.4. The van der Waals surface area contributed by atoms with Crippen LogP contribution in [0.1, 0.15) is 16.5 Å². The van der Waals surface area contributed by atoms with E-state index in [9.17, 15) is 13.9 Å². The summed E-state index contributed by atoms with van der Waals surface area (Å²) in [5, 5.41) is 11.9. The standard InChI is InChI=1S/C11H7ClF2OS/c12-6-4-9(16-5-6)11(15)10-7(13)2-1-3-8(10)14/h1-5,11,15H. The first kappa shape index (κ1) is 11.5. The largest absolute Gasteiger partial charge is 0.383 e. The van der Waals surface area contributed by atoms with Crippen molar-refractivity contribution in [3.63, 3.8) is 0 Å². The van der Waals surface area contributed by atoms with Crippen molar-refractivity contribution in [3.05, 3.63) is 56.7 Å². The van der Waals surface area contributed by atoms with Crippen molar-refractivity contribution in [1.82, 2.24) is 0 Å². The van der Waals surface area contributed by atoms with Gasteiger partial charge in [-0.25, -0.2) is 8.78 Å². The van der Waals surface area contributed by atoms with Crippen molar-refractivity contribution in [2.75, 3.05) is 0 Å². The van der Waals surface area contributed by atoms with E-state index in [0.29, 0.717) is 9.90 Å². The molecule has 1 atom stereocenters. The molecule has 1 heterocycles. The summed E-state index contributed by atoms with van der Waals surface area (Å²) in [6, 6.07) is 4.96. The first-order chi connectivity index (χ1) is 7.59. The summed E-state index contributed by atoms with van der Waals surface area (Å²) >= 11 is 6.84. The fourth-order valence-electron chi connectivity index (χ4n) is 1.39. The lowest BCUT2D eigenvalue weighted by Gasteiger charge is -2.10. The molecule has 0 fully saturated rings. The highest BCUT2D eigenvalue weighted by Gasteiger charge is 2.20. The summed E-state index contributed by atoms with van der Waals surface area (Å²) in [5.41, 5.74) is -0.346. The predicted molar refractivity (Wildman–Crippen MR) is 59.7 cm³/mol. The normalized spacial score (nSPS) is 12.8. The van der Waals surface area contributed by atoms with Crippen LogP contribution in [0, 0.1) is 11.6 Å². The van der Waals surface area contributed by atoms with Crippen molar-refractivity contribution >= 4 is 22.9 Å². The van der Waals surface area contributed by atoms with Gasteiger partial charge in [-0.2, -0.15) is 0 Å². The topological polar surface area (TPSA) is 20.2 Å². The Labute approximate surface area is 99.9 Å². The van der Waals surface area contributed by atoms with Gasteiger partial charge >= 0.3 is 0 Å². The molecule has 0 radical (unpaired) electrons. The van der Waals surface area contributed by atoms with Gasteiger partial charge in [0.1, 0.15) is 17.7 Å². The van der Waals surface area contributed by atoms with Crippen LogP contribution < -0.4 is 0 Å². The third kappa shape index (κ3) is 2.09. The lowest BCUT2D eigenvalue weighted by molar-refractivity contribution is 0.213. The maximum Gasteiger partial charge on any atom is 0.132 e. The predicted octanol–water partition coefficient (Wildman–Crippen LogP) is 3.76. The van der Waals surface area contributed by atoms with Gasteiger partial charge in [0.05, 0.1) is 10.6 Å². The molecule has 0 aliphatic heterocycles. The summed E-state index contributed by atoms with van der Waals surface area (Å²) in [5.74, 6) is -1.53. The molecule has 0 saturated carbocycles. The van der Waals surface area contributed by atoms with Crippen molar-refractivity contribution in [1.29, 1.82) is 0 Å². The van der Waals surface area contributed by atoms with E-state index in [0.717, 1.165) is 23.5 Å². The average Bonchev–Trinajstić information content (AvgIpc) is 2.64. The summed E-state index contributed by atoms with van der Waals surface area (Å²) in [6.45, 7) is 0. The average molecular weight is 261 g/mol. The smallest absolute Gasteiger partial charge is 0.132 e. The Morgan fingerprint density at radius 2 is 1.88 bits per heavy atom. The lowest BCUT2D eigenvalue weighted by Crippen LogP contribution is -2.03. The molecule has 0 amide bonds. The second kappa shape index (κ2) is 4.49. The Kier molecular flexibility index (Phi) is 3.23. The summed E-state index contributed by atoms with van der Waals surface area (Å²) < 4.78 is 26.7. The highest BCUT2D eigenvalue weighted by molar-refractivity contribution is 7.10. The van der Waals surface area contributed by atoms with E-state index < -0.39 is 17.7 Å². The number of aliphatic hydroxyl groups is 1. The Hall–Kier alpha value is -0.970. The first-order valence-corrected chi connectivity index (χ1v) is 5.71. The molecular formula is C11H7ClF2OS. The monoisotopic (exact) mass is 260 g/mol. The van der Waals surface area contributed by atoms with Crippen molar-refractivity contribution in [2.45, 2.75) is 6.10 Å². The molecule has 0 aliphatic rings. The fourth-order valence-corrected chi connectivity index (χ4v) is 2.46. The second-order valence-electron chi connectivity index (χ2n) is 3.21. The molecule has 1 nitrogen and oxygen atoms in total. The molecule has 0 bridgehead atoms. The number of halogens is 3. The van der Waals surface area contributed by atoms with Gasteiger partial charge in [0.2, 0.25) is 0 Å². The molecule has 0 saturated heterocycles. The van der Waals surface area contributed by atoms with Gasteiger partial charge in [0.15, 0.2) is 0 Å². The molecular weight excluding hydrogens is 254 g/mol. The fraction of sp³-hybridized carbons (Fsp3) is 0.0909. The van der Waals surface area contributed by atoms with Crippen LogP contribution in [0.25, 0.3) is 0 Å². The third-order valence-electron chi connectivity index (χ3n) is 2.13. The van der Waals surface area contributed by atoms with Crippen molar-refractivity contribution in [3.8, 4) is 0 Å². The number of hydrogen-bond acceptors (Lipinski definition) is 2. The zero-order valence-corrected chi connectivity index (χ0v) is 9.53. The summed E-state index contributed by atoms with van der Waals surface area (Å²) in [6.07, 6.45) is -1.32. The number of thiophene rings is 1. The van der Waals surface area contributed by atoms with Crippen molar-refractivity contribution < 1.29 is 13.9 Å². The number of rotatable bonds is 2. The minimum absolute atomic E-state index is 0.346. The molecule has 0 aliphatic carbocycles. The highest BCUT2D eigenvalue weighted by atomic mass is 35.5. The Balaban J connectivity index is 2.45. The van der Waals surface area contributed by atoms with Crippen LogP contribution in [0.4, 0.5) is 8.78 Å². The number of benzene rings is 1. The van der Waals surface area contributed by atoms with Gasteiger partial charge < -0.3 is 5.11 Å². The van der Waals surface area contributed by atoms with E-state index in [1.807, 2.05) is 0 Å². The molecule has 84 valence electrons. The minimum Gasteiger partial charge on any atom is -0.383 e. The second-order valence-corrected chi connectivity index (χ2v) is 4.58. The minimum atomic E-state index is -1.32.